The molecule has 0 spiro atoms. The first kappa shape index (κ1) is 12.8. The molecule has 0 aliphatic carbocycles. The largest absolute Gasteiger partial charge is 0.496 e. The van der Waals surface area contributed by atoms with Gasteiger partial charge in [0, 0.05) is 11.0 Å². The fourth-order valence-electron chi connectivity index (χ4n) is 2.01. The van der Waals surface area contributed by atoms with Crippen molar-refractivity contribution in [1.29, 1.82) is 0 Å². The minimum Gasteiger partial charge on any atom is -0.496 e. The maximum Gasteiger partial charge on any atom is 0.352 e. The minimum absolute atomic E-state index is 0.229. The number of carbonyl (C=O) groups is 1. The number of thioether (sulfide) groups is 1. The summed E-state index contributed by atoms with van der Waals surface area (Å²) in [6.07, 6.45) is 0.755. The number of hydrogen-bond donors (Lipinski definition) is 2. The molecule has 1 aromatic carbocycles. The summed E-state index contributed by atoms with van der Waals surface area (Å²) in [5.74, 6) is -0.174. The second kappa shape index (κ2) is 4.94. The summed E-state index contributed by atoms with van der Waals surface area (Å²) in [6, 6.07) is 7.67. The van der Waals surface area contributed by atoms with Crippen LogP contribution >= 0.6 is 11.8 Å². The summed E-state index contributed by atoms with van der Waals surface area (Å²) >= 11 is 1.47. The normalized spacial score (nSPS) is 22.2. The van der Waals surface area contributed by atoms with Gasteiger partial charge in [0.1, 0.15) is 16.3 Å². The molecule has 96 valence electrons. The lowest BCUT2D eigenvalue weighted by Gasteiger charge is -2.30. The van der Waals surface area contributed by atoms with Crippen molar-refractivity contribution in [3.8, 4) is 5.75 Å². The second-order valence-corrected chi connectivity index (χ2v) is 5.13. The molecule has 1 aliphatic rings. The van der Waals surface area contributed by atoms with Crippen LogP contribution in [0.3, 0.4) is 0 Å². The summed E-state index contributed by atoms with van der Waals surface area (Å²) in [5.41, 5.74) is 1.19. The Bertz CT molecular complexity index is 501. The first-order valence-electron chi connectivity index (χ1n) is 5.66. The van der Waals surface area contributed by atoms with Crippen LogP contribution in [0.5, 0.6) is 5.75 Å². The average molecular weight is 265 g/mol. The summed E-state index contributed by atoms with van der Waals surface area (Å²) in [7, 11) is 1.62. The zero-order valence-electron chi connectivity index (χ0n) is 10.3. The van der Waals surface area contributed by atoms with Crippen LogP contribution in [0.1, 0.15) is 18.9 Å². The molecule has 0 radical (unpaired) electrons. The van der Waals surface area contributed by atoms with Crippen molar-refractivity contribution in [2.45, 2.75) is 18.2 Å². The van der Waals surface area contributed by atoms with Gasteiger partial charge < -0.3 is 15.2 Å². The van der Waals surface area contributed by atoms with Crippen LogP contribution in [0.2, 0.25) is 0 Å². The maximum absolute atomic E-state index is 11.0. The lowest BCUT2D eigenvalue weighted by atomic mass is 10.0. The Kier molecular flexibility index (Phi) is 3.52. The number of aliphatic carboxylic acids is 1. The lowest BCUT2D eigenvalue weighted by molar-refractivity contribution is -0.133. The number of benzene rings is 1. The second-order valence-electron chi connectivity index (χ2n) is 3.96. The SMILES string of the molecule is CCC1(c2ccccc2OC)NC(C(=O)O)=CS1. The highest BCUT2D eigenvalue weighted by molar-refractivity contribution is 8.03. The number of para-hydroxylation sites is 1. The Morgan fingerprint density at radius 2 is 2.22 bits per heavy atom. The van der Waals surface area contributed by atoms with Gasteiger partial charge in [-0.25, -0.2) is 4.79 Å². The topological polar surface area (TPSA) is 58.6 Å². The molecule has 0 fully saturated rings. The van der Waals surface area contributed by atoms with Crippen molar-refractivity contribution in [2.75, 3.05) is 7.11 Å². The molecule has 0 saturated carbocycles. The minimum atomic E-state index is -0.937. The van der Waals surface area contributed by atoms with Crippen LogP contribution in [-0.2, 0) is 9.67 Å². The molecule has 5 heteroatoms. The van der Waals surface area contributed by atoms with E-state index in [2.05, 4.69) is 5.32 Å². The maximum atomic E-state index is 11.0. The van der Waals surface area contributed by atoms with Crippen LogP contribution < -0.4 is 10.1 Å². The Morgan fingerprint density at radius 1 is 1.50 bits per heavy atom. The monoisotopic (exact) mass is 265 g/mol. The van der Waals surface area contributed by atoms with Gasteiger partial charge in [-0.05, 0) is 12.5 Å². The summed E-state index contributed by atoms with van der Waals surface area (Å²) in [4.78, 5) is 10.6. The van der Waals surface area contributed by atoms with E-state index in [4.69, 9.17) is 9.84 Å². The van der Waals surface area contributed by atoms with Crippen LogP contribution in [0, 0.1) is 0 Å². The number of carboxylic acids is 1. The number of methoxy groups -OCH3 is 1. The van der Waals surface area contributed by atoms with E-state index in [1.54, 1.807) is 12.5 Å². The van der Waals surface area contributed by atoms with E-state index in [0.717, 1.165) is 17.7 Å². The molecule has 0 saturated heterocycles. The lowest BCUT2D eigenvalue weighted by Crippen LogP contribution is -2.36. The van der Waals surface area contributed by atoms with Gasteiger partial charge in [-0.15, -0.1) is 0 Å². The van der Waals surface area contributed by atoms with Gasteiger partial charge in [-0.2, -0.15) is 0 Å². The molecule has 4 nitrogen and oxygen atoms in total. The van der Waals surface area contributed by atoms with Crippen molar-refractivity contribution in [2.24, 2.45) is 0 Å². The number of ether oxygens (including phenoxy) is 1. The quantitative estimate of drug-likeness (QED) is 0.876. The molecular weight excluding hydrogens is 250 g/mol. The van der Waals surface area contributed by atoms with E-state index in [0.29, 0.717) is 0 Å². The van der Waals surface area contributed by atoms with Crippen LogP contribution in [-0.4, -0.2) is 18.2 Å². The van der Waals surface area contributed by atoms with Crippen molar-refractivity contribution in [1.82, 2.24) is 5.32 Å². The molecule has 1 atom stereocenters. The summed E-state index contributed by atoms with van der Waals surface area (Å²) in [6.45, 7) is 2.02. The fourth-order valence-corrected chi connectivity index (χ4v) is 3.12. The first-order chi connectivity index (χ1) is 8.63. The van der Waals surface area contributed by atoms with Crippen LogP contribution in [0.25, 0.3) is 0 Å². The Labute approximate surface area is 110 Å². The molecule has 2 rings (SSSR count). The van der Waals surface area contributed by atoms with E-state index >= 15 is 0 Å². The highest BCUT2D eigenvalue weighted by atomic mass is 32.2. The van der Waals surface area contributed by atoms with Gasteiger partial charge in [0.25, 0.3) is 0 Å². The predicted molar refractivity (Wildman–Crippen MR) is 71.4 cm³/mol. The summed E-state index contributed by atoms with van der Waals surface area (Å²) < 4.78 is 5.36. The first-order valence-corrected chi connectivity index (χ1v) is 6.54. The van der Waals surface area contributed by atoms with E-state index < -0.39 is 10.8 Å². The molecule has 2 N–H and O–H groups in total. The van der Waals surface area contributed by atoms with E-state index in [-0.39, 0.29) is 5.70 Å². The molecule has 1 unspecified atom stereocenters. The van der Waals surface area contributed by atoms with Crippen molar-refractivity contribution < 1.29 is 14.6 Å². The highest BCUT2D eigenvalue weighted by Crippen LogP contribution is 2.46. The predicted octanol–water partition coefficient (Wildman–Crippen LogP) is 2.52. The molecule has 1 heterocycles. The molecule has 0 amide bonds. The molecule has 18 heavy (non-hydrogen) atoms. The number of hydrogen-bond acceptors (Lipinski definition) is 4. The van der Waals surface area contributed by atoms with Gasteiger partial charge in [0.05, 0.1) is 7.11 Å². The van der Waals surface area contributed by atoms with E-state index in [1.807, 2.05) is 31.2 Å². The van der Waals surface area contributed by atoms with Gasteiger partial charge in [-0.3, -0.25) is 0 Å². The molecule has 0 bridgehead atoms. The van der Waals surface area contributed by atoms with Crippen molar-refractivity contribution >= 4 is 17.7 Å². The molecule has 1 aromatic rings. The Morgan fingerprint density at radius 3 is 2.78 bits per heavy atom. The van der Waals surface area contributed by atoms with Gasteiger partial charge >= 0.3 is 5.97 Å². The van der Waals surface area contributed by atoms with Crippen LogP contribution in [0.15, 0.2) is 35.4 Å². The average Bonchev–Trinajstić information content (AvgIpc) is 2.84. The van der Waals surface area contributed by atoms with Gasteiger partial charge in [0.15, 0.2) is 0 Å². The molecular formula is C13H15NO3S. The third-order valence-corrected chi connectivity index (χ3v) is 4.35. The third kappa shape index (κ3) is 2.06. The highest BCUT2D eigenvalue weighted by Gasteiger charge is 2.39. The fraction of sp³-hybridized carbons (Fsp3) is 0.308. The number of nitrogens with one attached hydrogen (secondary N) is 1. The van der Waals surface area contributed by atoms with Gasteiger partial charge in [0.2, 0.25) is 0 Å². The van der Waals surface area contributed by atoms with Crippen LogP contribution in [0.4, 0.5) is 0 Å². The van der Waals surface area contributed by atoms with E-state index in [9.17, 15) is 4.79 Å². The van der Waals surface area contributed by atoms with Gasteiger partial charge in [-0.1, -0.05) is 36.9 Å². The zero-order chi connectivity index (χ0) is 13.2. The Hall–Kier alpha value is -1.62. The third-order valence-electron chi connectivity index (χ3n) is 2.98. The zero-order valence-corrected chi connectivity index (χ0v) is 11.1. The van der Waals surface area contributed by atoms with E-state index in [1.165, 1.54) is 11.8 Å². The molecule has 1 aliphatic heterocycles. The number of rotatable bonds is 4. The smallest absolute Gasteiger partial charge is 0.352 e. The summed E-state index contributed by atoms with van der Waals surface area (Å²) in [5, 5.41) is 13.8. The van der Waals surface area contributed by atoms with Crippen molar-refractivity contribution in [3.05, 3.63) is 40.9 Å². The standard InChI is InChI=1S/C13H15NO3S/c1-3-13(14-10(8-18-13)12(15)16)9-6-4-5-7-11(9)17-2/h4-8,14H,3H2,1-2H3,(H,15,16). The van der Waals surface area contributed by atoms with Crippen molar-refractivity contribution in [3.63, 3.8) is 0 Å². The molecule has 0 aromatic heterocycles. The number of carboxylic acid groups (broad SMARTS) is 1. The Balaban J connectivity index is 2.39.